The minimum absolute atomic E-state index is 0.267. The van der Waals surface area contributed by atoms with Crippen molar-refractivity contribution < 1.29 is 20.1 Å². The first-order chi connectivity index (χ1) is 14.1. The van der Waals surface area contributed by atoms with Crippen LogP contribution in [0.4, 0.5) is 0 Å². The van der Waals surface area contributed by atoms with Crippen LogP contribution >= 0.6 is 0 Å². The lowest BCUT2D eigenvalue weighted by atomic mass is 10.1. The highest BCUT2D eigenvalue weighted by atomic mass is 16.6. The third kappa shape index (κ3) is 4.85. The Labute approximate surface area is 170 Å². The van der Waals surface area contributed by atoms with Crippen molar-refractivity contribution in [3.63, 3.8) is 0 Å². The predicted molar refractivity (Wildman–Crippen MR) is 107 cm³/mol. The van der Waals surface area contributed by atoms with Crippen LogP contribution in [0.5, 0.6) is 0 Å². The lowest BCUT2D eigenvalue weighted by Crippen LogP contribution is -2.33. The molecule has 0 bridgehead atoms. The standard InChI is InChI=1S/C20H33N5O4/c1-2-3-4-5-6-7-8-9-10-24-12-23-19-15(18(24)21)22-13-25(19)20-17(28)16(27)14(11-26)29-20/h12-14,16-17,20-21,26-28H,2-11H2,1H3/t14-,16-,17-,20-/m1/s1. The topological polar surface area (TPSA) is 129 Å². The molecule has 4 atom stereocenters. The smallest absolute Gasteiger partial charge is 0.167 e. The predicted octanol–water partition coefficient (Wildman–Crippen LogP) is 1.46. The van der Waals surface area contributed by atoms with Gasteiger partial charge in [-0.05, 0) is 6.42 Å². The number of fused-ring (bicyclic) bond motifs is 1. The first-order valence-electron chi connectivity index (χ1n) is 10.7. The van der Waals surface area contributed by atoms with Gasteiger partial charge >= 0.3 is 0 Å². The zero-order valence-electron chi connectivity index (χ0n) is 17.1. The van der Waals surface area contributed by atoms with Gasteiger partial charge in [-0.3, -0.25) is 9.98 Å². The third-order valence-electron chi connectivity index (χ3n) is 5.64. The van der Waals surface area contributed by atoms with E-state index < -0.39 is 31.1 Å². The van der Waals surface area contributed by atoms with Crippen molar-refractivity contribution in [2.24, 2.45) is 0 Å². The van der Waals surface area contributed by atoms with Gasteiger partial charge < -0.3 is 24.6 Å². The van der Waals surface area contributed by atoms with Crippen LogP contribution in [0.3, 0.4) is 0 Å². The zero-order chi connectivity index (χ0) is 20.8. The summed E-state index contributed by atoms with van der Waals surface area (Å²) >= 11 is 0. The van der Waals surface area contributed by atoms with Crippen LogP contribution in [-0.2, 0) is 11.3 Å². The monoisotopic (exact) mass is 407 g/mol. The number of hydrogen-bond acceptors (Lipinski definition) is 7. The Morgan fingerprint density at radius 3 is 2.34 bits per heavy atom. The Morgan fingerprint density at radius 1 is 1.00 bits per heavy atom. The number of aromatic nitrogens is 4. The number of imidazole rings is 1. The molecule has 29 heavy (non-hydrogen) atoms. The van der Waals surface area contributed by atoms with E-state index in [1.54, 1.807) is 10.9 Å². The number of aliphatic hydroxyl groups is 3. The molecular formula is C20H33N5O4. The fourth-order valence-corrected chi connectivity index (χ4v) is 3.85. The van der Waals surface area contributed by atoms with E-state index in [1.807, 2.05) is 0 Å². The zero-order valence-corrected chi connectivity index (χ0v) is 17.1. The highest BCUT2D eigenvalue weighted by Crippen LogP contribution is 2.30. The SMILES string of the molecule is CCCCCCCCCCn1cnc2c(ncn2[C@@H]2O[C@H](CO)[C@@H](O)[C@H]2O)c1=N. The van der Waals surface area contributed by atoms with Crippen molar-refractivity contribution in [2.75, 3.05) is 6.61 Å². The van der Waals surface area contributed by atoms with E-state index >= 15 is 0 Å². The van der Waals surface area contributed by atoms with Gasteiger partial charge in [0.2, 0.25) is 0 Å². The number of nitrogens with zero attached hydrogens (tertiary/aromatic N) is 4. The average Bonchev–Trinajstić information content (AvgIpc) is 3.27. The van der Waals surface area contributed by atoms with Crippen LogP contribution in [0.15, 0.2) is 12.7 Å². The number of ether oxygens (including phenoxy) is 1. The van der Waals surface area contributed by atoms with Gasteiger partial charge in [0.25, 0.3) is 0 Å². The second-order valence-corrected chi connectivity index (χ2v) is 7.81. The van der Waals surface area contributed by atoms with E-state index in [1.165, 1.54) is 49.4 Å². The molecule has 0 spiro atoms. The Kier molecular flexibility index (Phi) is 7.77. The minimum Gasteiger partial charge on any atom is -0.394 e. The summed E-state index contributed by atoms with van der Waals surface area (Å²) in [5.41, 5.74) is 1.10. The van der Waals surface area contributed by atoms with E-state index in [9.17, 15) is 15.3 Å². The first kappa shape index (κ1) is 21.9. The van der Waals surface area contributed by atoms with Crippen molar-refractivity contribution >= 4 is 11.2 Å². The van der Waals surface area contributed by atoms with Gasteiger partial charge in [-0.15, -0.1) is 0 Å². The maximum absolute atomic E-state index is 10.2. The van der Waals surface area contributed by atoms with Crippen molar-refractivity contribution in [2.45, 2.75) is 89.4 Å². The van der Waals surface area contributed by atoms with Crippen LogP contribution in [0, 0.1) is 5.41 Å². The number of rotatable bonds is 11. The molecule has 4 N–H and O–H groups in total. The van der Waals surface area contributed by atoms with Crippen LogP contribution in [0.1, 0.15) is 64.5 Å². The Bertz CT molecular complexity index is 836. The van der Waals surface area contributed by atoms with Gasteiger partial charge in [0.15, 0.2) is 17.4 Å². The highest BCUT2D eigenvalue weighted by molar-refractivity contribution is 5.68. The number of hydrogen-bond donors (Lipinski definition) is 4. The molecule has 0 aromatic carbocycles. The van der Waals surface area contributed by atoms with Gasteiger partial charge in [-0.25, -0.2) is 9.97 Å². The molecule has 1 saturated heterocycles. The molecule has 0 radical (unpaired) electrons. The van der Waals surface area contributed by atoms with Crippen LogP contribution in [0.25, 0.3) is 11.2 Å². The molecule has 0 unspecified atom stereocenters. The second kappa shape index (κ2) is 10.3. The Balaban J connectivity index is 1.61. The van der Waals surface area contributed by atoms with Crippen molar-refractivity contribution in [1.29, 1.82) is 5.41 Å². The molecule has 0 aliphatic carbocycles. The normalized spacial score (nSPS) is 24.6. The van der Waals surface area contributed by atoms with Gasteiger partial charge in [-0.2, -0.15) is 0 Å². The van der Waals surface area contributed by atoms with E-state index in [2.05, 4.69) is 16.9 Å². The first-order valence-corrected chi connectivity index (χ1v) is 10.7. The lowest BCUT2D eigenvalue weighted by molar-refractivity contribution is -0.0511. The summed E-state index contributed by atoms with van der Waals surface area (Å²) in [6, 6.07) is 0. The number of nitrogens with one attached hydrogen (secondary N) is 1. The fraction of sp³-hybridized carbons (Fsp3) is 0.750. The molecule has 1 aliphatic heterocycles. The van der Waals surface area contributed by atoms with Crippen LogP contribution < -0.4 is 5.49 Å². The Morgan fingerprint density at radius 2 is 1.69 bits per heavy atom. The van der Waals surface area contributed by atoms with Gasteiger partial charge in [0.05, 0.1) is 19.3 Å². The summed E-state index contributed by atoms with van der Waals surface area (Å²) < 4.78 is 8.85. The maximum Gasteiger partial charge on any atom is 0.167 e. The summed E-state index contributed by atoms with van der Waals surface area (Å²) in [6.07, 6.45) is 8.74. The van der Waals surface area contributed by atoms with Gasteiger partial charge in [0, 0.05) is 6.54 Å². The molecule has 3 rings (SSSR count). The van der Waals surface area contributed by atoms with Crippen molar-refractivity contribution in [3.05, 3.63) is 18.1 Å². The second-order valence-electron chi connectivity index (χ2n) is 7.81. The van der Waals surface area contributed by atoms with E-state index in [0.29, 0.717) is 11.2 Å². The molecule has 3 heterocycles. The summed E-state index contributed by atoms with van der Waals surface area (Å²) in [4.78, 5) is 8.69. The largest absolute Gasteiger partial charge is 0.394 e. The molecule has 1 aliphatic rings. The van der Waals surface area contributed by atoms with E-state index in [0.717, 1.165) is 19.4 Å². The third-order valence-corrected chi connectivity index (χ3v) is 5.64. The molecule has 2 aromatic rings. The van der Waals surface area contributed by atoms with Crippen LogP contribution in [0.2, 0.25) is 0 Å². The van der Waals surface area contributed by atoms with E-state index in [-0.39, 0.29) is 5.49 Å². The average molecular weight is 408 g/mol. The molecule has 2 aromatic heterocycles. The summed E-state index contributed by atoms with van der Waals surface area (Å²) in [7, 11) is 0. The quantitative estimate of drug-likeness (QED) is 0.417. The molecular weight excluding hydrogens is 374 g/mol. The molecule has 9 heteroatoms. The van der Waals surface area contributed by atoms with Crippen LogP contribution in [-0.4, -0.2) is 59.3 Å². The minimum atomic E-state index is -1.20. The van der Waals surface area contributed by atoms with Gasteiger partial charge in [-0.1, -0.05) is 51.9 Å². The number of unbranched alkanes of at least 4 members (excludes halogenated alkanes) is 7. The molecule has 1 fully saturated rings. The molecule has 9 nitrogen and oxygen atoms in total. The molecule has 0 saturated carbocycles. The van der Waals surface area contributed by atoms with Gasteiger partial charge in [0.1, 0.15) is 23.8 Å². The summed E-state index contributed by atoms with van der Waals surface area (Å²) in [5.74, 6) is 0. The fourth-order valence-electron chi connectivity index (χ4n) is 3.85. The summed E-state index contributed by atoms with van der Waals surface area (Å²) in [5, 5.41) is 37.9. The van der Waals surface area contributed by atoms with Crippen molar-refractivity contribution in [3.8, 4) is 0 Å². The molecule has 0 amide bonds. The summed E-state index contributed by atoms with van der Waals surface area (Å²) in [6.45, 7) is 2.55. The number of aliphatic hydroxyl groups excluding tert-OH is 3. The number of aryl methyl sites for hydroxylation is 1. The highest BCUT2D eigenvalue weighted by Gasteiger charge is 2.43. The van der Waals surface area contributed by atoms with E-state index in [4.69, 9.17) is 10.1 Å². The van der Waals surface area contributed by atoms with Crippen molar-refractivity contribution in [1.82, 2.24) is 19.1 Å². The maximum atomic E-state index is 10.2. The molecule has 162 valence electrons. The Hall–Kier alpha value is -1.81. The lowest BCUT2D eigenvalue weighted by Gasteiger charge is -2.16.